The quantitative estimate of drug-likeness (QED) is 0.434. The molecule has 2 aromatic carbocycles. The van der Waals surface area contributed by atoms with Gasteiger partial charge in [-0.2, -0.15) is 0 Å². The van der Waals surface area contributed by atoms with E-state index < -0.39 is 4.92 Å². The average Bonchev–Trinajstić information content (AvgIpc) is 3.42. The van der Waals surface area contributed by atoms with Gasteiger partial charge in [0, 0.05) is 37.5 Å². The fourth-order valence-electron chi connectivity index (χ4n) is 3.40. The Morgan fingerprint density at radius 1 is 1.14 bits per heavy atom. The van der Waals surface area contributed by atoms with E-state index in [1.54, 1.807) is 35.2 Å². The lowest BCUT2D eigenvalue weighted by molar-refractivity contribution is -0.385. The number of carbonyl (C=O) groups excluding carboxylic acids is 1. The molecule has 29 heavy (non-hydrogen) atoms. The molecule has 0 atom stereocenters. The molecule has 2 aliphatic heterocycles. The summed E-state index contributed by atoms with van der Waals surface area (Å²) in [5, 5.41) is 14.5. The maximum Gasteiger partial charge on any atom is 0.282 e. The molecule has 0 radical (unpaired) electrons. The molecular formula is C20H21N3O6. The number of fused-ring (bicyclic) bond motifs is 1. The number of nitro groups is 1. The van der Waals surface area contributed by atoms with Crippen molar-refractivity contribution in [3.63, 3.8) is 0 Å². The fourth-order valence-corrected chi connectivity index (χ4v) is 3.40. The van der Waals surface area contributed by atoms with E-state index in [-0.39, 0.29) is 24.0 Å². The first-order valence-corrected chi connectivity index (χ1v) is 9.46. The van der Waals surface area contributed by atoms with Gasteiger partial charge >= 0.3 is 0 Å². The lowest BCUT2D eigenvalue weighted by Gasteiger charge is -2.16. The molecule has 4 rings (SSSR count). The maximum absolute atomic E-state index is 12.7. The molecule has 9 heteroatoms. The third-order valence-corrected chi connectivity index (χ3v) is 4.86. The van der Waals surface area contributed by atoms with Gasteiger partial charge in [-0.25, -0.2) is 0 Å². The Hall–Kier alpha value is -3.49. The van der Waals surface area contributed by atoms with E-state index in [9.17, 15) is 14.9 Å². The van der Waals surface area contributed by atoms with Crippen molar-refractivity contribution < 1.29 is 23.9 Å². The van der Waals surface area contributed by atoms with E-state index in [1.165, 1.54) is 6.07 Å². The van der Waals surface area contributed by atoms with Gasteiger partial charge in [0.1, 0.15) is 17.9 Å². The lowest BCUT2D eigenvalue weighted by Crippen LogP contribution is -2.28. The first kappa shape index (κ1) is 18.9. The summed E-state index contributed by atoms with van der Waals surface area (Å²) >= 11 is 0. The van der Waals surface area contributed by atoms with Gasteiger partial charge in [0.2, 0.25) is 6.79 Å². The Kier molecular flexibility index (Phi) is 5.37. The first-order chi connectivity index (χ1) is 14.1. The van der Waals surface area contributed by atoms with Crippen LogP contribution in [0.1, 0.15) is 23.2 Å². The second kappa shape index (κ2) is 8.26. The minimum atomic E-state index is -0.518. The molecule has 2 aromatic rings. The van der Waals surface area contributed by atoms with Gasteiger partial charge < -0.3 is 24.4 Å². The van der Waals surface area contributed by atoms with E-state index in [2.05, 4.69) is 5.32 Å². The number of anilines is 1. The van der Waals surface area contributed by atoms with E-state index in [0.29, 0.717) is 49.2 Å². The van der Waals surface area contributed by atoms with E-state index in [4.69, 9.17) is 14.2 Å². The molecule has 0 unspecified atom stereocenters. The Labute approximate surface area is 167 Å². The summed E-state index contributed by atoms with van der Waals surface area (Å²) in [7, 11) is 0. The molecule has 0 spiro atoms. The number of amides is 1. The Bertz CT molecular complexity index is 926. The van der Waals surface area contributed by atoms with Crippen LogP contribution >= 0.6 is 0 Å². The van der Waals surface area contributed by atoms with Crippen molar-refractivity contribution in [1.29, 1.82) is 0 Å². The predicted molar refractivity (Wildman–Crippen MR) is 105 cm³/mol. The Morgan fingerprint density at radius 3 is 2.72 bits per heavy atom. The highest BCUT2D eigenvalue weighted by molar-refractivity contribution is 5.99. The molecule has 0 aliphatic carbocycles. The smallest absolute Gasteiger partial charge is 0.282 e. The minimum absolute atomic E-state index is 0.110. The fraction of sp³-hybridized carbons (Fsp3) is 0.350. The third-order valence-electron chi connectivity index (χ3n) is 4.86. The van der Waals surface area contributed by atoms with Gasteiger partial charge in [0.15, 0.2) is 11.5 Å². The third kappa shape index (κ3) is 4.18. The number of likely N-dealkylation sites (tertiary alicyclic amines) is 1. The van der Waals surface area contributed by atoms with Crippen LogP contribution < -0.4 is 19.5 Å². The van der Waals surface area contributed by atoms with Crippen molar-refractivity contribution in [2.75, 3.05) is 38.4 Å². The lowest BCUT2D eigenvalue weighted by atomic mass is 10.1. The summed E-state index contributed by atoms with van der Waals surface area (Å²) in [4.78, 5) is 25.1. The molecule has 152 valence electrons. The molecule has 1 fully saturated rings. The molecular weight excluding hydrogens is 378 g/mol. The van der Waals surface area contributed by atoms with Gasteiger partial charge in [-0.05, 0) is 37.1 Å². The zero-order valence-electron chi connectivity index (χ0n) is 15.8. The zero-order valence-corrected chi connectivity index (χ0v) is 15.8. The van der Waals surface area contributed by atoms with Crippen LogP contribution in [0.2, 0.25) is 0 Å². The van der Waals surface area contributed by atoms with Crippen LogP contribution in [0.15, 0.2) is 36.4 Å². The number of ether oxygens (including phenoxy) is 3. The van der Waals surface area contributed by atoms with Gasteiger partial charge in [-0.15, -0.1) is 0 Å². The van der Waals surface area contributed by atoms with Crippen LogP contribution in [-0.2, 0) is 0 Å². The van der Waals surface area contributed by atoms with Crippen LogP contribution in [0.25, 0.3) is 0 Å². The monoisotopic (exact) mass is 399 g/mol. The number of nitrogens with zero attached hydrogens (tertiary/aromatic N) is 2. The topological polar surface area (TPSA) is 103 Å². The molecule has 0 bridgehead atoms. The summed E-state index contributed by atoms with van der Waals surface area (Å²) in [6.45, 7) is 2.31. The minimum Gasteiger partial charge on any atom is -0.492 e. The maximum atomic E-state index is 12.7. The van der Waals surface area contributed by atoms with Crippen molar-refractivity contribution in [1.82, 2.24) is 4.90 Å². The van der Waals surface area contributed by atoms with Crippen molar-refractivity contribution in [3.8, 4) is 17.2 Å². The number of nitro benzene ring substituents is 1. The molecule has 1 amide bonds. The first-order valence-electron chi connectivity index (χ1n) is 9.46. The molecule has 9 nitrogen and oxygen atoms in total. The molecule has 2 heterocycles. The van der Waals surface area contributed by atoms with E-state index >= 15 is 0 Å². The standard InChI is InChI=1S/C20H21N3O6/c24-20(22-8-1-2-9-22)16-11-14(3-5-17(16)23(25)26)21-7-10-27-15-4-6-18-19(12-15)29-13-28-18/h3-6,11-12,21H,1-2,7-10,13H2. The summed E-state index contributed by atoms with van der Waals surface area (Å²) < 4.78 is 16.3. The summed E-state index contributed by atoms with van der Waals surface area (Å²) in [6.07, 6.45) is 1.85. The molecule has 1 saturated heterocycles. The Morgan fingerprint density at radius 2 is 1.93 bits per heavy atom. The highest BCUT2D eigenvalue weighted by Gasteiger charge is 2.26. The second-order valence-electron chi connectivity index (χ2n) is 6.78. The van der Waals surface area contributed by atoms with Crippen LogP contribution in [0.5, 0.6) is 17.2 Å². The molecule has 2 aliphatic rings. The van der Waals surface area contributed by atoms with Gasteiger partial charge in [-0.1, -0.05) is 0 Å². The normalized spacial score (nSPS) is 14.7. The number of benzene rings is 2. The van der Waals surface area contributed by atoms with E-state index in [1.807, 2.05) is 0 Å². The number of nitrogens with one attached hydrogen (secondary N) is 1. The second-order valence-corrected chi connectivity index (χ2v) is 6.78. The Balaban J connectivity index is 1.37. The van der Waals surface area contributed by atoms with Crippen molar-refractivity contribution in [2.24, 2.45) is 0 Å². The van der Waals surface area contributed by atoms with Crippen molar-refractivity contribution in [3.05, 3.63) is 52.1 Å². The molecule has 0 aromatic heterocycles. The number of carbonyl (C=O) groups is 1. The predicted octanol–water partition coefficient (Wildman–Crippen LogP) is 3.05. The number of hydrogen-bond donors (Lipinski definition) is 1. The SMILES string of the molecule is O=C(c1cc(NCCOc2ccc3c(c2)OCO3)ccc1[N+](=O)[O-])N1CCCC1. The summed E-state index contributed by atoms with van der Waals surface area (Å²) in [6, 6.07) is 9.86. The highest BCUT2D eigenvalue weighted by Crippen LogP contribution is 2.35. The number of hydrogen-bond acceptors (Lipinski definition) is 7. The van der Waals surface area contributed by atoms with Crippen molar-refractivity contribution in [2.45, 2.75) is 12.8 Å². The van der Waals surface area contributed by atoms with Crippen LogP contribution in [0, 0.1) is 10.1 Å². The molecule has 0 saturated carbocycles. The number of rotatable bonds is 7. The van der Waals surface area contributed by atoms with Crippen LogP contribution in [0.4, 0.5) is 11.4 Å². The summed E-state index contributed by atoms with van der Waals surface area (Å²) in [5.41, 5.74) is 0.565. The van der Waals surface area contributed by atoms with E-state index in [0.717, 1.165) is 12.8 Å². The van der Waals surface area contributed by atoms with Crippen LogP contribution in [0.3, 0.4) is 0 Å². The zero-order chi connectivity index (χ0) is 20.2. The summed E-state index contributed by atoms with van der Waals surface area (Å²) in [5.74, 6) is 1.70. The highest BCUT2D eigenvalue weighted by atomic mass is 16.7. The molecule has 1 N–H and O–H groups in total. The van der Waals surface area contributed by atoms with Gasteiger partial charge in [0.05, 0.1) is 4.92 Å². The largest absolute Gasteiger partial charge is 0.492 e. The average molecular weight is 399 g/mol. The van der Waals surface area contributed by atoms with Gasteiger partial charge in [0.25, 0.3) is 11.6 Å². The van der Waals surface area contributed by atoms with Crippen molar-refractivity contribution >= 4 is 17.3 Å². The van der Waals surface area contributed by atoms with Crippen LogP contribution in [-0.4, -0.2) is 48.8 Å². The van der Waals surface area contributed by atoms with Gasteiger partial charge in [-0.3, -0.25) is 14.9 Å².